The number of aliphatic hydroxyl groups is 1. The second-order valence-corrected chi connectivity index (χ2v) is 5.50. The lowest BCUT2D eigenvalue weighted by molar-refractivity contribution is 0.0523. The van der Waals surface area contributed by atoms with Crippen LogP contribution in [0.2, 0.25) is 0 Å². The number of ether oxygens (including phenoxy) is 1. The standard InChI is InChI=1S/C11H18N2O3S/c1-11(2,3)16-10(15)12-6-9-13-8(4-5-14)7-17-9/h7,14H,4-6H2,1-3H3,(H,12,15). The van der Waals surface area contributed by atoms with Gasteiger partial charge in [-0.2, -0.15) is 0 Å². The van der Waals surface area contributed by atoms with E-state index >= 15 is 0 Å². The molecular formula is C11H18N2O3S. The van der Waals surface area contributed by atoms with Gasteiger partial charge in [-0.05, 0) is 20.8 Å². The highest BCUT2D eigenvalue weighted by Crippen LogP contribution is 2.11. The minimum Gasteiger partial charge on any atom is -0.444 e. The molecule has 6 heteroatoms. The molecule has 0 radical (unpaired) electrons. The molecule has 0 fully saturated rings. The van der Waals surface area contributed by atoms with Crippen LogP contribution >= 0.6 is 11.3 Å². The SMILES string of the molecule is CC(C)(C)OC(=O)NCc1nc(CCO)cs1. The lowest BCUT2D eigenvalue weighted by Crippen LogP contribution is -2.32. The number of amides is 1. The van der Waals surface area contributed by atoms with Gasteiger partial charge < -0.3 is 15.2 Å². The number of aromatic nitrogens is 1. The number of nitrogens with zero attached hydrogens (tertiary/aromatic N) is 1. The molecule has 0 aliphatic carbocycles. The molecule has 0 aliphatic rings. The highest BCUT2D eigenvalue weighted by molar-refractivity contribution is 7.09. The summed E-state index contributed by atoms with van der Waals surface area (Å²) in [5.74, 6) is 0. The van der Waals surface area contributed by atoms with Crippen LogP contribution in [0.4, 0.5) is 4.79 Å². The number of aliphatic hydroxyl groups excluding tert-OH is 1. The van der Waals surface area contributed by atoms with Crippen LogP contribution in [0.5, 0.6) is 0 Å². The van der Waals surface area contributed by atoms with E-state index in [1.54, 1.807) is 0 Å². The fourth-order valence-electron chi connectivity index (χ4n) is 1.12. The van der Waals surface area contributed by atoms with Gasteiger partial charge in [0.25, 0.3) is 0 Å². The summed E-state index contributed by atoms with van der Waals surface area (Å²) in [6, 6.07) is 0. The maximum atomic E-state index is 11.4. The van der Waals surface area contributed by atoms with Crippen molar-refractivity contribution in [3.63, 3.8) is 0 Å². The van der Waals surface area contributed by atoms with Gasteiger partial charge in [0.2, 0.25) is 0 Å². The molecule has 96 valence electrons. The van der Waals surface area contributed by atoms with Crippen molar-refractivity contribution in [1.82, 2.24) is 10.3 Å². The largest absolute Gasteiger partial charge is 0.444 e. The molecule has 0 spiro atoms. The van der Waals surface area contributed by atoms with Crippen LogP contribution in [0.25, 0.3) is 0 Å². The van der Waals surface area contributed by atoms with E-state index < -0.39 is 11.7 Å². The third-order valence-corrected chi connectivity index (χ3v) is 2.65. The van der Waals surface area contributed by atoms with Crippen molar-refractivity contribution in [1.29, 1.82) is 0 Å². The van der Waals surface area contributed by atoms with Crippen molar-refractivity contribution in [2.45, 2.75) is 39.3 Å². The molecule has 5 nitrogen and oxygen atoms in total. The van der Waals surface area contributed by atoms with Crippen LogP contribution < -0.4 is 5.32 Å². The molecule has 1 rings (SSSR count). The number of carbonyl (C=O) groups excluding carboxylic acids is 1. The maximum Gasteiger partial charge on any atom is 0.408 e. The van der Waals surface area contributed by atoms with Crippen molar-refractivity contribution in [2.75, 3.05) is 6.61 Å². The van der Waals surface area contributed by atoms with Crippen molar-refractivity contribution < 1.29 is 14.6 Å². The lowest BCUT2D eigenvalue weighted by Gasteiger charge is -2.19. The summed E-state index contributed by atoms with van der Waals surface area (Å²) >= 11 is 1.46. The van der Waals surface area contributed by atoms with Crippen molar-refractivity contribution in [2.24, 2.45) is 0 Å². The zero-order valence-corrected chi connectivity index (χ0v) is 11.1. The molecular weight excluding hydrogens is 240 g/mol. The summed E-state index contributed by atoms with van der Waals surface area (Å²) < 4.78 is 5.10. The van der Waals surface area contributed by atoms with Gasteiger partial charge in [0.15, 0.2) is 0 Å². The minimum absolute atomic E-state index is 0.0860. The van der Waals surface area contributed by atoms with E-state index in [0.29, 0.717) is 13.0 Å². The number of carbonyl (C=O) groups is 1. The predicted octanol–water partition coefficient (Wildman–Crippen LogP) is 1.70. The third kappa shape index (κ3) is 5.65. The Morgan fingerprint density at radius 1 is 1.59 bits per heavy atom. The molecule has 0 aromatic carbocycles. The molecule has 0 atom stereocenters. The number of rotatable bonds is 4. The van der Waals surface area contributed by atoms with Crippen LogP contribution in [-0.2, 0) is 17.7 Å². The molecule has 1 aromatic rings. The van der Waals surface area contributed by atoms with E-state index in [4.69, 9.17) is 9.84 Å². The second kappa shape index (κ2) is 5.97. The van der Waals surface area contributed by atoms with E-state index in [0.717, 1.165) is 10.7 Å². The first-order chi connectivity index (χ1) is 7.90. The van der Waals surface area contributed by atoms with Crippen LogP contribution in [0, 0.1) is 0 Å². The van der Waals surface area contributed by atoms with Crippen LogP contribution in [0.1, 0.15) is 31.5 Å². The van der Waals surface area contributed by atoms with E-state index in [2.05, 4.69) is 10.3 Å². The monoisotopic (exact) mass is 258 g/mol. The summed E-state index contributed by atoms with van der Waals surface area (Å²) in [7, 11) is 0. The van der Waals surface area contributed by atoms with E-state index in [9.17, 15) is 4.79 Å². The number of thiazole rings is 1. The first-order valence-corrected chi connectivity index (χ1v) is 6.29. The molecule has 17 heavy (non-hydrogen) atoms. The smallest absolute Gasteiger partial charge is 0.408 e. The Labute approximate surface area is 105 Å². The molecule has 2 N–H and O–H groups in total. The second-order valence-electron chi connectivity index (χ2n) is 4.56. The molecule has 1 amide bonds. The zero-order chi connectivity index (χ0) is 12.9. The van der Waals surface area contributed by atoms with Crippen LogP contribution in [-0.4, -0.2) is 28.4 Å². The van der Waals surface area contributed by atoms with Crippen LogP contribution in [0.3, 0.4) is 0 Å². The Hall–Kier alpha value is -1.14. The molecule has 0 unspecified atom stereocenters. The quantitative estimate of drug-likeness (QED) is 0.862. The first kappa shape index (κ1) is 13.9. The first-order valence-electron chi connectivity index (χ1n) is 5.41. The van der Waals surface area contributed by atoms with E-state index in [1.807, 2.05) is 26.2 Å². The highest BCUT2D eigenvalue weighted by atomic mass is 32.1. The van der Waals surface area contributed by atoms with Crippen LogP contribution in [0.15, 0.2) is 5.38 Å². The molecule has 0 bridgehead atoms. The average molecular weight is 258 g/mol. The Morgan fingerprint density at radius 3 is 2.88 bits per heavy atom. The highest BCUT2D eigenvalue weighted by Gasteiger charge is 2.16. The molecule has 1 aromatic heterocycles. The molecule has 0 aliphatic heterocycles. The van der Waals surface area contributed by atoms with E-state index in [1.165, 1.54) is 11.3 Å². The lowest BCUT2D eigenvalue weighted by atomic mass is 10.2. The van der Waals surface area contributed by atoms with Crippen molar-refractivity contribution in [3.8, 4) is 0 Å². The summed E-state index contributed by atoms with van der Waals surface area (Å²) in [5, 5.41) is 14.1. The summed E-state index contributed by atoms with van der Waals surface area (Å²) in [6.07, 6.45) is 0.0968. The molecule has 0 saturated heterocycles. The number of nitrogens with one attached hydrogen (secondary N) is 1. The number of hydrogen-bond donors (Lipinski definition) is 2. The van der Waals surface area contributed by atoms with Gasteiger partial charge in [-0.25, -0.2) is 9.78 Å². The summed E-state index contributed by atoms with van der Waals surface area (Å²) in [6.45, 7) is 5.88. The zero-order valence-electron chi connectivity index (χ0n) is 10.3. The Bertz CT molecular complexity index is 371. The minimum atomic E-state index is -0.491. The van der Waals surface area contributed by atoms with Crippen molar-refractivity contribution >= 4 is 17.4 Å². The van der Waals surface area contributed by atoms with Crippen molar-refractivity contribution in [3.05, 3.63) is 16.1 Å². The molecule has 0 saturated carbocycles. The number of alkyl carbamates (subject to hydrolysis) is 1. The third-order valence-electron chi connectivity index (χ3n) is 1.75. The predicted molar refractivity (Wildman–Crippen MR) is 66.0 cm³/mol. The van der Waals surface area contributed by atoms with E-state index in [-0.39, 0.29) is 6.61 Å². The summed E-state index contributed by atoms with van der Waals surface area (Å²) in [4.78, 5) is 15.6. The molecule has 1 heterocycles. The fourth-order valence-corrected chi connectivity index (χ4v) is 1.89. The Morgan fingerprint density at radius 2 is 2.29 bits per heavy atom. The average Bonchev–Trinajstić information content (AvgIpc) is 2.61. The van der Waals surface area contributed by atoms with Gasteiger partial charge in [0, 0.05) is 18.4 Å². The number of hydrogen-bond acceptors (Lipinski definition) is 5. The van der Waals surface area contributed by atoms with Gasteiger partial charge in [0.05, 0.1) is 12.2 Å². The summed E-state index contributed by atoms with van der Waals surface area (Å²) in [5.41, 5.74) is 0.355. The van der Waals surface area contributed by atoms with Gasteiger partial charge in [-0.15, -0.1) is 11.3 Å². The fraction of sp³-hybridized carbons (Fsp3) is 0.636. The maximum absolute atomic E-state index is 11.4. The topological polar surface area (TPSA) is 71.5 Å². The normalized spacial score (nSPS) is 11.3. The van der Waals surface area contributed by atoms with Gasteiger partial charge in [-0.1, -0.05) is 0 Å². The Kier molecular flexibility index (Phi) is 4.89. The van der Waals surface area contributed by atoms with Gasteiger partial charge in [0.1, 0.15) is 10.6 Å². The van der Waals surface area contributed by atoms with Gasteiger partial charge >= 0.3 is 6.09 Å². The Balaban J connectivity index is 2.37. The van der Waals surface area contributed by atoms with Gasteiger partial charge in [-0.3, -0.25) is 0 Å².